The first-order valence-electron chi connectivity index (χ1n) is 5.98. The Morgan fingerprint density at radius 1 is 1.38 bits per heavy atom. The van der Waals surface area contributed by atoms with E-state index in [1.165, 1.54) is 47.1 Å². The highest BCUT2D eigenvalue weighted by molar-refractivity contribution is 6.18. The Labute approximate surface area is 101 Å². The van der Waals surface area contributed by atoms with Gasteiger partial charge in [0.2, 0.25) is 0 Å². The fourth-order valence-electron chi connectivity index (χ4n) is 3.00. The molecule has 2 aromatic rings. The third-order valence-corrected chi connectivity index (χ3v) is 3.92. The van der Waals surface area contributed by atoms with Crippen molar-refractivity contribution in [3.05, 3.63) is 35.0 Å². The van der Waals surface area contributed by atoms with Crippen LogP contribution in [0.4, 0.5) is 0 Å². The Morgan fingerprint density at radius 3 is 3.06 bits per heavy atom. The van der Waals surface area contributed by atoms with Gasteiger partial charge >= 0.3 is 0 Å². The maximum Gasteiger partial charge on any atom is 0.0517 e. The highest BCUT2D eigenvalue weighted by atomic mass is 35.5. The molecule has 0 bridgehead atoms. The predicted molar refractivity (Wildman–Crippen MR) is 69.4 cm³/mol. The molecule has 1 aliphatic heterocycles. The summed E-state index contributed by atoms with van der Waals surface area (Å²) in [6, 6.07) is 6.70. The molecule has 0 radical (unpaired) electrons. The lowest BCUT2D eigenvalue weighted by atomic mass is 10.0. The fraction of sp³-hybridized carbons (Fsp3) is 0.429. The number of para-hydroxylation sites is 1. The molecule has 84 valence electrons. The molecule has 0 N–H and O–H groups in total. The molecule has 1 nitrogen and oxygen atoms in total. The Bertz CT molecular complexity index is 539. The summed E-state index contributed by atoms with van der Waals surface area (Å²) in [4.78, 5) is 0. The third kappa shape index (κ3) is 1.31. The zero-order valence-electron chi connectivity index (χ0n) is 9.59. The second-order valence-electron chi connectivity index (χ2n) is 4.57. The quantitative estimate of drug-likeness (QED) is 0.698. The third-order valence-electron chi connectivity index (χ3n) is 3.73. The molecule has 0 aliphatic carbocycles. The van der Waals surface area contributed by atoms with Crippen LogP contribution < -0.4 is 0 Å². The molecule has 0 saturated heterocycles. The van der Waals surface area contributed by atoms with Gasteiger partial charge in [0.25, 0.3) is 0 Å². The van der Waals surface area contributed by atoms with Gasteiger partial charge in [-0.15, -0.1) is 11.6 Å². The second-order valence-corrected chi connectivity index (χ2v) is 4.95. The minimum absolute atomic E-state index is 0.712. The molecule has 0 spiro atoms. The van der Waals surface area contributed by atoms with Crippen LogP contribution in [0.1, 0.15) is 23.2 Å². The second kappa shape index (κ2) is 3.81. The van der Waals surface area contributed by atoms with Crippen LogP contribution in [0.3, 0.4) is 0 Å². The minimum atomic E-state index is 0.712. The number of benzene rings is 1. The average Bonchev–Trinajstić information content (AvgIpc) is 2.58. The number of hydrogen-bond donors (Lipinski definition) is 0. The largest absolute Gasteiger partial charge is 0.344 e. The topological polar surface area (TPSA) is 4.93 Å². The van der Waals surface area contributed by atoms with Crippen LogP contribution in [0.25, 0.3) is 10.9 Å². The standard InChI is InChI=1S/C14H16ClN/c1-10-12(7-8-15)13-6-2-4-11-5-3-9-16(10)14(11)13/h2,4,6H,3,5,7-9H2,1H3. The van der Waals surface area contributed by atoms with E-state index in [9.17, 15) is 0 Å². The summed E-state index contributed by atoms with van der Waals surface area (Å²) in [6.45, 7) is 3.40. The van der Waals surface area contributed by atoms with Gasteiger partial charge < -0.3 is 4.57 Å². The van der Waals surface area contributed by atoms with Crippen molar-refractivity contribution in [1.29, 1.82) is 0 Å². The highest BCUT2D eigenvalue weighted by Crippen LogP contribution is 2.32. The van der Waals surface area contributed by atoms with Crippen LogP contribution >= 0.6 is 11.6 Å². The van der Waals surface area contributed by atoms with E-state index in [0.29, 0.717) is 5.88 Å². The first kappa shape index (κ1) is 10.2. The van der Waals surface area contributed by atoms with Gasteiger partial charge in [0.15, 0.2) is 0 Å². The van der Waals surface area contributed by atoms with E-state index in [-0.39, 0.29) is 0 Å². The van der Waals surface area contributed by atoms with Crippen molar-refractivity contribution in [2.45, 2.75) is 32.7 Å². The van der Waals surface area contributed by atoms with Crippen LogP contribution in [-0.4, -0.2) is 10.4 Å². The van der Waals surface area contributed by atoms with Crippen molar-refractivity contribution in [3.63, 3.8) is 0 Å². The lowest BCUT2D eigenvalue weighted by Gasteiger charge is -2.16. The van der Waals surface area contributed by atoms with Crippen molar-refractivity contribution in [2.24, 2.45) is 0 Å². The summed E-state index contributed by atoms with van der Waals surface area (Å²) >= 11 is 5.91. The van der Waals surface area contributed by atoms with Crippen molar-refractivity contribution in [3.8, 4) is 0 Å². The van der Waals surface area contributed by atoms with Gasteiger partial charge in [0.1, 0.15) is 0 Å². The van der Waals surface area contributed by atoms with Crippen LogP contribution in [0.2, 0.25) is 0 Å². The first-order chi connectivity index (χ1) is 7.83. The van der Waals surface area contributed by atoms with E-state index in [2.05, 4.69) is 29.7 Å². The van der Waals surface area contributed by atoms with Crippen molar-refractivity contribution >= 4 is 22.5 Å². The summed E-state index contributed by atoms with van der Waals surface area (Å²) in [5.41, 5.74) is 5.84. The van der Waals surface area contributed by atoms with E-state index in [1.807, 2.05) is 0 Å². The molecule has 3 rings (SSSR count). The van der Waals surface area contributed by atoms with Gasteiger partial charge in [-0.2, -0.15) is 0 Å². The number of aromatic nitrogens is 1. The van der Waals surface area contributed by atoms with Crippen LogP contribution in [0.15, 0.2) is 18.2 Å². The van der Waals surface area contributed by atoms with E-state index in [1.54, 1.807) is 0 Å². The lowest BCUT2D eigenvalue weighted by Crippen LogP contribution is -2.08. The number of hydrogen-bond acceptors (Lipinski definition) is 0. The van der Waals surface area contributed by atoms with Crippen molar-refractivity contribution in [1.82, 2.24) is 4.57 Å². The van der Waals surface area contributed by atoms with Gasteiger partial charge in [-0.3, -0.25) is 0 Å². The molecule has 2 heterocycles. The van der Waals surface area contributed by atoms with Crippen LogP contribution in [0.5, 0.6) is 0 Å². The molecule has 0 amide bonds. The summed E-state index contributed by atoms with van der Waals surface area (Å²) in [7, 11) is 0. The Hall–Kier alpha value is -0.950. The summed E-state index contributed by atoms with van der Waals surface area (Å²) in [5, 5.41) is 1.43. The number of rotatable bonds is 2. The van der Waals surface area contributed by atoms with Crippen LogP contribution in [-0.2, 0) is 19.4 Å². The zero-order valence-corrected chi connectivity index (χ0v) is 10.3. The van der Waals surface area contributed by atoms with Crippen LogP contribution in [0, 0.1) is 6.92 Å². The molecular formula is C14H16ClN. The Balaban J connectivity index is 2.36. The number of aryl methyl sites for hydroxylation is 3. The smallest absolute Gasteiger partial charge is 0.0517 e. The molecule has 0 fully saturated rings. The first-order valence-corrected chi connectivity index (χ1v) is 6.52. The Kier molecular flexibility index (Phi) is 2.44. The monoisotopic (exact) mass is 233 g/mol. The average molecular weight is 234 g/mol. The summed E-state index contributed by atoms with van der Waals surface area (Å²) in [5.74, 6) is 0.712. The summed E-state index contributed by atoms with van der Waals surface area (Å²) < 4.78 is 2.48. The maximum absolute atomic E-state index is 5.91. The van der Waals surface area contributed by atoms with Gasteiger partial charge in [0.05, 0.1) is 5.52 Å². The highest BCUT2D eigenvalue weighted by Gasteiger charge is 2.18. The van der Waals surface area contributed by atoms with Gasteiger partial charge in [0, 0.05) is 23.5 Å². The lowest BCUT2D eigenvalue weighted by molar-refractivity contribution is 0.621. The number of halogens is 1. The van der Waals surface area contributed by atoms with Gasteiger partial charge in [-0.1, -0.05) is 18.2 Å². The molecule has 16 heavy (non-hydrogen) atoms. The molecular weight excluding hydrogens is 218 g/mol. The van der Waals surface area contributed by atoms with E-state index in [0.717, 1.165) is 6.42 Å². The fourth-order valence-corrected chi connectivity index (χ4v) is 3.19. The molecule has 1 aromatic heterocycles. The van der Waals surface area contributed by atoms with E-state index >= 15 is 0 Å². The SMILES string of the molecule is Cc1c(CCCl)c2cccc3c2n1CCC3. The number of alkyl halides is 1. The van der Waals surface area contributed by atoms with Crippen molar-refractivity contribution in [2.75, 3.05) is 5.88 Å². The maximum atomic E-state index is 5.91. The molecule has 1 aromatic carbocycles. The number of nitrogens with zero attached hydrogens (tertiary/aromatic N) is 1. The van der Waals surface area contributed by atoms with Gasteiger partial charge in [-0.25, -0.2) is 0 Å². The predicted octanol–water partition coefficient (Wildman–Crippen LogP) is 3.68. The molecule has 0 saturated carbocycles. The van der Waals surface area contributed by atoms with Crippen molar-refractivity contribution < 1.29 is 0 Å². The van der Waals surface area contributed by atoms with Gasteiger partial charge in [-0.05, 0) is 37.3 Å². The molecule has 2 heteroatoms. The molecule has 1 aliphatic rings. The molecule has 0 atom stereocenters. The van der Waals surface area contributed by atoms with E-state index in [4.69, 9.17) is 11.6 Å². The zero-order chi connectivity index (χ0) is 11.1. The van der Waals surface area contributed by atoms with E-state index < -0.39 is 0 Å². The summed E-state index contributed by atoms with van der Waals surface area (Å²) in [6.07, 6.45) is 3.48. The minimum Gasteiger partial charge on any atom is -0.344 e. The Morgan fingerprint density at radius 2 is 2.25 bits per heavy atom. The normalized spacial score (nSPS) is 14.6. The molecule has 0 unspecified atom stereocenters.